The molecular formula is C13H19N3O2S. The lowest BCUT2D eigenvalue weighted by atomic mass is 10.0. The van der Waals surface area contributed by atoms with E-state index in [-0.39, 0.29) is 0 Å². The van der Waals surface area contributed by atoms with Crippen LogP contribution in [0.15, 0.2) is 29.2 Å². The molecule has 2 aliphatic heterocycles. The van der Waals surface area contributed by atoms with Gasteiger partial charge in [0.15, 0.2) is 0 Å². The Kier molecular flexibility index (Phi) is 3.24. The number of nitrogens with one attached hydrogen (secondary N) is 2. The van der Waals surface area contributed by atoms with Gasteiger partial charge in [0.2, 0.25) is 10.0 Å². The Morgan fingerprint density at radius 3 is 2.26 bits per heavy atom. The molecule has 2 unspecified atom stereocenters. The van der Waals surface area contributed by atoms with Gasteiger partial charge in [-0.2, -0.15) is 0 Å². The summed E-state index contributed by atoms with van der Waals surface area (Å²) in [6.07, 6.45) is 0. The Balaban J connectivity index is 1.77. The summed E-state index contributed by atoms with van der Waals surface area (Å²) >= 11 is 0. The van der Waals surface area contributed by atoms with Crippen molar-refractivity contribution in [2.24, 2.45) is 11.8 Å². The van der Waals surface area contributed by atoms with Crippen molar-refractivity contribution in [2.75, 3.05) is 38.1 Å². The first kappa shape index (κ1) is 12.9. The van der Waals surface area contributed by atoms with Crippen LogP contribution in [0.5, 0.6) is 0 Å². The average Bonchev–Trinajstić information content (AvgIpc) is 2.99. The van der Waals surface area contributed by atoms with E-state index in [1.54, 1.807) is 12.1 Å². The van der Waals surface area contributed by atoms with Gasteiger partial charge in [0.1, 0.15) is 0 Å². The van der Waals surface area contributed by atoms with Crippen molar-refractivity contribution >= 4 is 15.7 Å². The van der Waals surface area contributed by atoms with E-state index in [1.807, 2.05) is 12.1 Å². The molecule has 1 aromatic carbocycles. The molecule has 2 N–H and O–H groups in total. The second kappa shape index (κ2) is 4.77. The summed E-state index contributed by atoms with van der Waals surface area (Å²) in [6.45, 7) is 4.34. The highest BCUT2D eigenvalue weighted by Gasteiger charge is 2.36. The van der Waals surface area contributed by atoms with Crippen LogP contribution in [0, 0.1) is 11.8 Å². The van der Waals surface area contributed by atoms with Gasteiger partial charge in [-0.15, -0.1) is 0 Å². The molecule has 1 aromatic rings. The predicted octanol–water partition coefficient (Wildman–Crippen LogP) is 0.250. The van der Waals surface area contributed by atoms with E-state index >= 15 is 0 Å². The number of fused-ring (bicyclic) bond motifs is 1. The number of benzene rings is 1. The fourth-order valence-corrected chi connectivity index (χ4v) is 3.75. The minimum Gasteiger partial charge on any atom is -0.371 e. The first-order valence-corrected chi connectivity index (χ1v) is 8.08. The van der Waals surface area contributed by atoms with Gasteiger partial charge in [-0.3, -0.25) is 0 Å². The number of sulfonamides is 1. The number of rotatable bonds is 3. The maximum atomic E-state index is 11.7. The highest BCUT2D eigenvalue weighted by Crippen LogP contribution is 2.30. The Hall–Kier alpha value is -1.11. The van der Waals surface area contributed by atoms with Gasteiger partial charge < -0.3 is 10.2 Å². The summed E-state index contributed by atoms with van der Waals surface area (Å²) in [5.74, 6) is 1.47. The highest BCUT2D eigenvalue weighted by molar-refractivity contribution is 7.89. The standard InChI is InChI=1S/C13H19N3O2S/c1-14-19(17,18)13-4-2-12(3-5-13)16-8-10-6-15-7-11(10)9-16/h2-5,10-11,14-15H,6-9H2,1H3. The predicted molar refractivity (Wildman–Crippen MR) is 74.8 cm³/mol. The molecule has 0 radical (unpaired) electrons. The summed E-state index contributed by atoms with van der Waals surface area (Å²) in [7, 11) is -1.90. The SMILES string of the molecule is CNS(=O)(=O)c1ccc(N2CC3CNCC3C2)cc1. The lowest BCUT2D eigenvalue weighted by molar-refractivity contribution is 0.533. The molecule has 0 bridgehead atoms. The summed E-state index contributed by atoms with van der Waals surface area (Å²) in [6, 6.07) is 7.15. The molecule has 2 heterocycles. The van der Waals surface area contributed by atoms with Crippen molar-refractivity contribution in [1.82, 2.24) is 10.0 Å². The van der Waals surface area contributed by atoms with Crippen LogP contribution in [0.4, 0.5) is 5.69 Å². The molecular weight excluding hydrogens is 262 g/mol. The second-order valence-corrected chi connectivity index (χ2v) is 7.17. The van der Waals surface area contributed by atoms with Gasteiger partial charge in [-0.1, -0.05) is 0 Å². The Labute approximate surface area is 114 Å². The lowest BCUT2D eigenvalue weighted by Crippen LogP contribution is -2.25. The zero-order valence-corrected chi connectivity index (χ0v) is 11.8. The van der Waals surface area contributed by atoms with E-state index in [1.165, 1.54) is 7.05 Å². The fraction of sp³-hybridized carbons (Fsp3) is 0.538. The van der Waals surface area contributed by atoms with Crippen molar-refractivity contribution < 1.29 is 8.42 Å². The summed E-state index contributed by atoms with van der Waals surface area (Å²) in [5.41, 5.74) is 1.12. The van der Waals surface area contributed by atoms with E-state index < -0.39 is 10.0 Å². The van der Waals surface area contributed by atoms with Crippen molar-refractivity contribution in [2.45, 2.75) is 4.90 Å². The lowest BCUT2D eigenvalue weighted by Gasteiger charge is -2.20. The van der Waals surface area contributed by atoms with Crippen LogP contribution in [-0.2, 0) is 10.0 Å². The first-order valence-electron chi connectivity index (χ1n) is 6.59. The second-order valence-electron chi connectivity index (χ2n) is 5.28. The molecule has 2 aliphatic rings. The van der Waals surface area contributed by atoms with Crippen LogP contribution in [-0.4, -0.2) is 41.6 Å². The van der Waals surface area contributed by atoms with Gasteiger partial charge >= 0.3 is 0 Å². The van der Waals surface area contributed by atoms with E-state index in [0.29, 0.717) is 4.90 Å². The molecule has 2 saturated heterocycles. The molecule has 0 spiro atoms. The van der Waals surface area contributed by atoms with Gasteiger partial charge in [0.05, 0.1) is 4.90 Å². The minimum absolute atomic E-state index is 0.319. The van der Waals surface area contributed by atoms with Crippen LogP contribution in [0.25, 0.3) is 0 Å². The normalized spacial score (nSPS) is 26.7. The third kappa shape index (κ3) is 2.35. The maximum Gasteiger partial charge on any atom is 0.240 e. The van der Waals surface area contributed by atoms with Crippen LogP contribution < -0.4 is 14.9 Å². The zero-order chi connectivity index (χ0) is 13.5. The molecule has 2 fully saturated rings. The quantitative estimate of drug-likeness (QED) is 0.834. The topological polar surface area (TPSA) is 61.4 Å². The first-order chi connectivity index (χ1) is 9.10. The number of hydrogen-bond acceptors (Lipinski definition) is 4. The molecule has 6 heteroatoms. The number of nitrogens with zero attached hydrogens (tertiary/aromatic N) is 1. The molecule has 0 saturated carbocycles. The molecule has 3 rings (SSSR count). The molecule has 104 valence electrons. The minimum atomic E-state index is -3.33. The molecule has 2 atom stereocenters. The van der Waals surface area contributed by atoms with Crippen LogP contribution in [0.1, 0.15) is 0 Å². The zero-order valence-electron chi connectivity index (χ0n) is 11.0. The Morgan fingerprint density at radius 1 is 1.16 bits per heavy atom. The van der Waals surface area contributed by atoms with Crippen molar-refractivity contribution in [3.63, 3.8) is 0 Å². The van der Waals surface area contributed by atoms with Crippen LogP contribution in [0.3, 0.4) is 0 Å². The molecule has 0 aromatic heterocycles. The summed E-state index contributed by atoms with van der Waals surface area (Å²) < 4.78 is 25.6. The monoisotopic (exact) mass is 281 g/mol. The Bertz CT molecular complexity index is 544. The third-order valence-electron chi connectivity index (χ3n) is 4.17. The van der Waals surface area contributed by atoms with E-state index in [4.69, 9.17) is 0 Å². The molecule has 0 amide bonds. The smallest absolute Gasteiger partial charge is 0.240 e. The van der Waals surface area contributed by atoms with Gasteiger partial charge in [0, 0.05) is 31.9 Å². The summed E-state index contributed by atoms with van der Waals surface area (Å²) in [5, 5.41) is 3.42. The van der Waals surface area contributed by atoms with Gasteiger partial charge in [-0.05, 0) is 43.1 Å². The molecule has 0 aliphatic carbocycles. The average molecular weight is 281 g/mol. The highest BCUT2D eigenvalue weighted by atomic mass is 32.2. The molecule has 5 nitrogen and oxygen atoms in total. The van der Waals surface area contributed by atoms with Crippen LogP contribution >= 0.6 is 0 Å². The number of hydrogen-bond donors (Lipinski definition) is 2. The molecule has 19 heavy (non-hydrogen) atoms. The van der Waals surface area contributed by atoms with Gasteiger partial charge in [0.25, 0.3) is 0 Å². The van der Waals surface area contributed by atoms with Crippen molar-refractivity contribution in [1.29, 1.82) is 0 Å². The fourth-order valence-electron chi connectivity index (χ4n) is 3.02. The largest absolute Gasteiger partial charge is 0.371 e. The van der Waals surface area contributed by atoms with Crippen LogP contribution in [0.2, 0.25) is 0 Å². The van der Waals surface area contributed by atoms with E-state index in [9.17, 15) is 8.42 Å². The Morgan fingerprint density at radius 2 is 1.74 bits per heavy atom. The third-order valence-corrected chi connectivity index (χ3v) is 5.60. The van der Waals surface area contributed by atoms with Crippen molar-refractivity contribution in [3.05, 3.63) is 24.3 Å². The van der Waals surface area contributed by atoms with E-state index in [0.717, 1.165) is 43.7 Å². The summed E-state index contributed by atoms with van der Waals surface area (Å²) in [4.78, 5) is 2.67. The van der Waals surface area contributed by atoms with E-state index in [2.05, 4.69) is 14.9 Å². The maximum absolute atomic E-state index is 11.7. The van der Waals surface area contributed by atoms with Gasteiger partial charge in [-0.25, -0.2) is 13.1 Å². The number of anilines is 1. The van der Waals surface area contributed by atoms with Crippen molar-refractivity contribution in [3.8, 4) is 0 Å².